The molecule has 20 heavy (non-hydrogen) atoms. The number of thioether (sulfide) groups is 1. The smallest absolute Gasteiger partial charge is 0.161 e. The molecule has 1 aliphatic rings. The van der Waals surface area contributed by atoms with E-state index >= 15 is 0 Å². The summed E-state index contributed by atoms with van der Waals surface area (Å²) >= 11 is 1.72. The summed E-state index contributed by atoms with van der Waals surface area (Å²) in [7, 11) is 0. The quantitative estimate of drug-likeness (QED) is 0.850. The zero-order valence-corrected chi connectivity index (χ0v) is 11.3. The zero-order valence-electron chi connectivity index (χ0n) is 10.5. The Labute approximate surface area is 119 Å². The second kappa shape index (κ2) is 5.40. The third-order valence-corrected chi connectivity index (χ3v) is 4.56. The molecule has 0 radical (unpaired) electrons. The minimum atomic E-state index is -1.17. The van der Waals surface area contributed by atoms with Crippen molar-refractivity contribution in [3.63, 3.8) is 0 Å². The lowest BCUT2D eigenvalue weighted by Gasteiger charge is -2.12. The van der Waals surface area contributed by atoms with Gasteiger partial charge in [-0.2, -0.15) is 0 Å². The van der Waals surface area contributed by atoms with Crippen molar-refractivity contribution in [1.82, 2.24) is 0 Å². The molecule has 1 atom stereocenters. The molecule has 1 nitrogen and oxygen atoms in total. The van der Waals surface area contributed by atoms with Crippen LogP contribution in [0, 0.1) is 17.5 Å². The normalized spacial score (nSPS) is 17.1. The Morgan fingerprint density at radius 3 is 2.60 bits per heavy atom. The number of hydrogen-bond donors (Lipinski definition) is 1. The van der Waals surface area contributed by atoms with E-state index in [2.05, 4.69) is 17.4 Å². The van der Waals surface area contributed by atoms with Crippen molar-refractivity contribution < 1.29 is 13.2 Å². The molecule has 0 amide bonds. The van der Waals surface area contributed by atoms with E-state index in [0.717, 1.165) is 12.5 Å². The monoisotopic (exact) mass is 295 g/mol. The third-order valence-electron chi connectivity index (χ3n) is 3.24. The molecule has 1 unspecified atom stereocenters. The van der Waals surface area contributed by atoms with Crippen molar-refractivity contribution in [3.8, 4) is 0 Å². The highest BCUT2D eigenvalue weighted by Gasteiger charge is 2.22. The molecular weight excluding hydrogens is 283 g/mol. The number of anilines is 1. The van der Waals surface area contributed by atoms with Crippen LogP contribution in [0.2, 0.25) is 0 Å². The average molecular weight is 295 g/mol. The first-order chi connectivity index (χ1) is 9.63. The highest BCUT2D eigenvalue weighted by molar-refractivity contribution is 8.00. The molecule has 3 rings (SSSR count). The predicted octanol–water partition coefficient (Wildman–Crippen LogP) is 4.23. The van der Waals surface area contributed by atoms with Crippen molar-refractivity contribution in [2.45, 2.75) is 16.6 Å². The highest BCUT2D eigenvalue weighted by atomic mass is 32.2. The molecular formula is C15H12F3NS. The van der Waals surface area contributed by atoms with Crippen LogP contribution < -0.4 is 5.32 Å². The van der Waals surface area contributed by atoms with Gasteiger partial charge in [0.25, 0.3) is 0 Å². The summed E-state index contributed by atoms with van der Waals surface area (Å²) in [6.07, 6.45) is 0.888. The molecule has 2 aromatic carbocycles. The van der Waals surface area contributed by atoms with Gasteiger partial charge in [-0.05, 0) is 18.1 Å². The fourth-order valence-electron chi connectivity index (χ4n) is 2.25. The maximum absolute atomic E-state index is 13.5. The largest absolute Gasteiger partial charge is 0.381 e. The minimum absolute atomic E-state index is 0.000422. The van der Waals surface area contributed by atoms with Gasteiger partial charge >= 0.3 is 0 Å². The van der Waals surface area contributed by atoms with Crippen molar-refractivity contribution in [1.29, 1.82) is 0 Å². The van der Waals surface area contributed by atoms with Crippen LogP contribution in [-0.4, -0.2) is 11.8 Å². The summed E-state index contributed by atoms with van der Waals surface area (Å²) in [6.45, 7) is 0.501. The van der Waals surface area contributed by atoms with E-state index in [1.807, 2.05) is 12.1 Å². The maximum Gasteiger partial charge on any atom is 0.161 e. The summed E-state index contributed by atoms with van der Waals surface area (Å²) in [4.78, 5) is 1.23. The Bertz CT molecular complexity index is 620. The van der Waals surface area contributed by atoms with Gasteiger partial charge in [-0.15, -0.1) is 11.8 Å². The van der Waals surface area contributed by atoms with E-state index in [1.165, 1.54) is 10.5 Å². The number of hydrogen-bond acceptors (Lipinski definition) is 2. The van der Waals surface area contributed by atoms with Crippen LogP contribution >= 0.6 is 11.8 Å². The lowest BCUT2D eigenvalue weighted by Crippen LogP contribution is -2.16. The molecule has 0 saturated carbocycles. The molecule has 0 saturated heterocycles. The third kappa shape index (κ3) is 2.63. The molecule has 0 aromatic heterocycles. The van der Waals surface area contributed by atoms with Gasteiger partial charge in [0, 0.05) is 28.8 Å². The van der Waals surface area contributed by atoms with Gasteiger partial charge < -0.3 is 5.32 Å². The van der Waals surface area contributed by atoms with Gasteiger partial charge in [0.2, 0.25) is 0 Å². The van der Waals surface area contributed by atoms with Gasteiger partial charge in [0.1, 0.15) is 5.82 Å². The summed E-state index contributed by atoms with van der Waals surface area (Å²) < 4.78 is 39.4. The van der Waals surface area contributed by atoms with Crippen LogP contribution in [0.4, 0.5) is 18.9 Å². The number of halogens is 3. The standard InChI is InChI=1S/C15H12F3NS/c16-11-6-13(18)14(7-12(11)17)19-8-10-5-9-3-1-2-4-15(9)20-10/h1-4,6-7,10,19H,5,8H2. The fourth-order valence-corrected chi connectivity index (χ4v) is 3.50. The number of rotatable bonds is 3. The van der Waals surface area contributed by atoms with E-state index in [0.29, 0.717) is 12.6 Å². The molecule has 1 aliphatic heterocycles. The Morgan fingerprint density at radius 2 is 1.80 bits per heavy atom. The Balaban J connectivity index is 1.66. The van der Waals surface area contributed by atoms with Gasteiger partial charge in [-0.25, -0.2) is 13.2 Å². The van der Waals surface area contributed by atoms with Crippen LogP contribution in [0.3, 0.4) is 0 Å². The lowest BCUT2D eigenvalue weighted by molar-refractivity contribution is 0.496. The minimum Gasteiger partial charge on any atom is -0.381 e. The molecule has 1 heterocycles. The van der Waals surface area contributed by atoms with Crippen LogP contribution in [0.1, 0.15) is 5.56 Å². The number of benzene rings is 2. The van der Waals surface area contributed by atoms with Crippen molar-refractivity contribution in [2.24, 2.45) is 0 Å². The van der Waals surface area contributed by atoms with E-state index in [1.54, 1.807) is 11.8 Å². The average Bonchev–Trinajstić information content (AvgIpc) is 2.84. The van der Waals surface area contributed by atoms with Crippen molar-refractivity contribution >= 4 is 17.4 Å². The van der Waals surface area contributed by atoms with Crippen molar-refractivity contribution in [2.75, 3.05) is 11.9 Å². The molecule has 0 fully saturated rings. The lowest BCUT2D eigenvalue weighted by atomic mass is 10.1. The van der Waals surface area contributed by atoms with E-state index in [-0.39, 0.29) is 10.9 Å². The Morgan fingerprint density at radius 1 is 1.05 bits per heavy atom. The second-order valence-corrected chi connectivity index (χ2v) is 6.02. The number of fused-ring (bicyclic) bond motifs is 1. The first-order valence-electron chi connectivity index (χ1n) is 6.26. The topological polar surface area (TPSA) is 12.0 Å². The molecule has 0 bridgehead atoms. The van der Waals surface area contributed by atoms with Gasteiger partial charge in [0.15, 0.2) is 11.6 Å². The second-order valence-electron chi connectivity index (χ2n) is 4.68. The zero-order chi connectivity index (χ0) is 14.1. The molecule has 2 aromatic rings. The molecule has 104 valence electrons. The first kappa shape index (κ1) is 13.4. The van der Waals surface area contributed by atoms with Crippen LogP contribution in [0.25, 0.3) is 0 Å². The van der Waals surface area contributed by atoms with E-state index < -0.39 is 17.5 Å². The molecule has 1 N–H and O–H groups in total. The maximum atomic E-state index is 13.5. The summed E-state index contributed by atoms with van der Waals surface area (Å²) in [5, 5.41) is 3.12. The first-order valence-corrected chi connectivity index (χ1v) is 7.14. The summed E-state index contributed by atoms with van der Waals surface area (Å²) in [5.74, 6) is -2.99. The Kier molecular flexibility index (Phi) is 3.61. The molecule has 5 heteroatoms. The number of nitrogens with one attached hydrogen (secondary N) is 1. The molecule has 0 spiro atoms. The fraction of sp³-hybridized carbons (Fsp3) is 0.200. The van der Waals surface area contributed by atoms with Crippen molar-refractivity contribution in [3.05, 3.63) is 59.4 Å². The van der Waals surface area contributed by atoms with Crippen LogP contribution in [-0.2, 0) is 6.42 Å². The predicted molar refractivity (Wildman–Crippen MR) is 74.6 cm³/mol. The van der Waals surface area contributed by atoms with Crippen LogP contribution in [0.15, 0.2) is 41.3 Å². The van der Waals surface area contributed by atoms with Gasteiger partial charge in [-0.3, -0.25) is 0 Å². The van der Waals surface area contributed by atoms with Gasteiger partial charge in [0.05, 0.1) is 5.69 Å². The van der Waals surface area contributed by atoms with E-state index in [4.69, 9.17) is 0 Å². The van der Waals surface area contributed by atoms with Crippen LogP contribution in [0.5, 0.6) is 0 Å². The Hall–Kier alpha value is -1.62. The molecule has 0 aliphatic carbocycles. The highest BCUT2D eigenvalue weighted by Crippen LogP contribution is 2.36. The summed E-state index contributed by atoms with van der Waals surface area (Å²) in [5.41, 5.74) is 1.27. The summed E-state index contributed by atoms with van der Waals surface area (Å²) in [6, 6.07) is 9.52. The van der Waals surface area contributed by atoms with Gasteiger partial charge in [-0.1, -0.05) is 18.2 Å². The SMILES string of the molecule is Fc1cc(F)c(NCC2Cc3ccccc3S2)cc1F. The van der Waals surface area contributed by atoms with E-state index in [9.17, 15) is 13.2 Å².